The van der Waals surface area contributed by atoms with Gasteiger partial charge in [0.25, 0.3) is 11.1 Å². The molecule has 26 heavy (non-hydrogen) atoms. The summed E-state index contributed by atoms with van der Waals surface area (Å²) >= 11 is 0. The Morgan fingerprint density at radius 2 is 1.85 bits per heavy atom. The van der Waals surface area contributed by atoms with E-state index in [0.717, 1.165) is 10.9 Å². The van der Waals surface area contributed by atoms with Gasteiger partial charge in [-0.1, -0.05) is 6.07 Å². The van der Waals surface area contributed by atoms with E-state index in [1.165, 1.54) is 16.8 Å². The van der Waals surface area contributed by atoms with Crippen molar-refractivity contribution in [1.82, 2.24) is 14.5 Å². The van der Waals surface area contributed by atoms with Crippen LogP contribution < -0.4 is 22.1 Å². The zero-order chi connectivity index (χ0) is 18.8. The molecule has 3 N–H and O–H groups in total. The molecule has 0 bridgehead atoms. The molecular weight excluding hydrogens is 336 g/mol. The molecule has 2 heterocycles. The number of carbonyl (C=O) groups is 1. The molecule has 0 saturated carbocycles. The highest BCUT2D eigenvalue weighted by Gasteiger charge is 2.08. The van der Waals surface area contributed by atoms with Gasteiger partial charge in [-0.2, -0.15) is 0 Å². The van der Waals surface area contributed by atoms with Crippen molar-refractivity contribution < 1.29 is 4.79 Å². The molecule has 1 aromatic carbocycles. The van der Waals surface area contributed by atoms with Crippen LogP contribution in [0.1, 0.15) is 17.5 Å². The summed E-state index contributed by atoms with van der Waals surface area (Å²) in [6, 6.07) is 6.53. The minimum absolute atomic E-state index is 0.0629. The first-order valence-electron chi connectivity index (χ1n) is 8.08. The van der Waals surface area contributed by atoms with Crippen LogP contribution in [-0.4, -0.2) is 20.4 Å². The maximum absolute atomic E-state index is 12.1. The van der Waals surface area contributed by atoms with E-state index in [1.54, 1.807) is 19.1 Å². The van der Waals surface area contributed by atoms with Gasteiger partial charge in [0.05, 0.1) is 5.52 Å². The maximum atomic E-state index is 12.1. The van der Waals surface area contributed by atoms with Crippen molar-refractivity contribution in [3.63, 3.8) is 0 Å². The van der Waals surface area contributed by atoms with Crippen LogP contribution in [0.15, 0.2) is 44.8 Å². The monoisotopic (exact) mass is 354 g/mol. The zero-order valence-electron chi connectivity index (χ0n) is 14.4. The third-order valence-corrected chi connectivity index (χ3v) is 4.34. The van der Waals surface area contributed by atoms with E-state index in [-0.39, 0.29) is 24.4 Å². The Balaban J connectivity index is 1.75. The van der Waals surface area contributed by atoms with E-state index in [0.29, 0.717) is 16.8 Å². The van der Waals surface area contributed by atoms with Crippen LogP contribution in [0, 0.1) is 13.8 Å². The number of rotatable bonds is 4. The van der Waals surface area contributed by atoms with E-state index < -0.39 is 11.2 Å². The highest BCUT2D eigenvalue weighted by molar-refractivity contribution is 5.94. The molecular formula is C18H18N4O4. The smallest absolute Gasteiger partial charge is 0.326 e. The number of benzene rings is 1. The minimum atomic E-state index is -0.556. The molecule has 134 valence electrons. The fraction of sp³-hybridized carbons (Fsp3) is 0.222. The number of hydrogen-bond acceptors (Lipinski definition) is 4. The first kappa shape index (κ1) is 17.4. The molecule has 3 aromatic rings. The highest BCUT2D eigenvalue weighted by atomic mass is 16.2. The fourth-order valence-corrected chi connectivity index (χ4v) is 2.71. The number of hydrogen-bond donors (Lipinski definition) is 3. The molecule has 8 nitrogen and oxygen atoms in total. The molecule has 8 heteroatoms. The minimum Gasteiger partial charge on any atom is -0.326 e. The second-order valence-electron chi connectivity index (χ2n) is 6.07. The maximum Gasteiger partial charge on any atom is 0.328 e. The molecule has 0 radical (unpaired) electrons. The predicted octanol–water partition coefficient (Wildman–Crippen LogP) is 1.02. The summed E-state index contributed by atoms with van der Waals surface area (Å²) in [4.78, 5) is 51.6. The van der Waals surface area contributed by atoms with Gasteiger partial charge >= 0.3 is 5.69 Å². The standard InChI is InChI=1S/C18H18N4O4/c1-10-11(2)17(25)20-14-9-12(3-4-13(10)14)19-15(23)5-7-22-8-6-16(24)21-18(22)26/h3-4,6,8-9H,5,7H2,1-2H3,(H,19,23)(H,20,25)(H,21,24,26). The Morgan fingerprint density at radius 3 is 2.58 bits per heavy atom. The van der Waals surface area contributed by atoms with Crippen molar-refractivity contribution in [1.29, 1.82) is 0 Å². The molecule has 0 unspecified atom stereocenters. The van der Waals surface area contributed by atoms with Gasteiger partial charge in [-0.05, 0) is 31.5 Å². The molecule has 0 saturated heterocycles. The van der Waals surface area contributed by atoms with Crippen LogP contribution in [0.5, 0.6) is 0 Å². The summed E-state index contributed by atoms with van der Waals surface area (Å²) in [7, 11) is 0. The van der Waals surface area contributed by atoms with E-state index in [2.05, 4.69) is 15.3 Å². The highest BCUT2D eigenvalue weighted by Crippen LogP contribution is 2.21. The predicted molar refractivity (Wildman–Crippen MR) is 98.6 cm³/mol. The van der Waals surface area contributed by atoms with Crippen molar-refractivity contribution in [2.24, 2.45) is 0 Å². The topological polar surface area (TPSA) is 117 Å². The molecule has 0 aliphatic rings. The first-order valence-corrected chi connectivity index (χ1v) is 8.08. The van der Waals surface area contributed by atoms with Gasteiger partial charge in [-0.3, -0.25) is 19.4 Å². The number of aromatic nitrogens is 3. The number of H-pyrrole nitrogens is 2. The molecule has 1 amide bonds. The molecule has 0 aliphatic heterocycles. The van der Waals surface area contributed by atoms with Crippen molar-refractivity contribution in [2.45, 2.75) is 26.8 Å². The van der Waals surface area contributed by atoms with E-state index >= 15 is 0 Å². The normalized spacial score (nSPS) is 10.8. The van der Waals surface area contributed by atoms with E-state index in [1.807, 2.05) is 13.0 Å². The number of amides is 1. The van der Waals surface area contributed by atoms with Gasteiger partial charge in [-0.25, -0.2) is 4.79 Å². The Kier molecular flexibility index (Phi) is 4.57. The molecule has 3 rings (SSSR count). The first-order chi connectivity index (χ1) is 12.3. The number of carbonyl (C=O) groups excluding carboxylic acids is 1. The average Bonchev–Trinajstić information content (AvgIpc) is 2.59. The van der Waals surface area contributed by atoms with Gasteiger partial charge in [-0.15, -0.1) is 0 Å². The summed E-state index contributed by atoms with van der Waals surface area (Å²) in [5.74, 6) is -0.284. The Bertz CT molecular complexity index is 1170. The summed E-state index contributed by atoms with van der Waals surface area (Å²) in [5, 5.41) is 3.66. The lowest BCUT2D eigenvalue weighted by atomic mass is 10.1. The number of anilines is 1. The van der Waals surface area contributed by atoms with Crippen LogP contribution in [0.25, 0.3) is 10.9 Å². The number of fused-ring (bicyclic) bond motifs is 1. The lowest BCUT2D eigenvalue weighted by Gasteiger charge is -2.09. The number of pyridine rings is 1. The summed E-state index contributed by atoms with van der Waals surface area (Å²) in [5.41, 5.74) is 1.57. The number of nitrogens with zero attached hydrogens (tertiary/aromatic N) is 1. The molecule has 0 fully saturated rings. The van der Waals surface area contributed by atoms with Crippen LogP contribution in [0.4, 0.5) is 5.69 Å². The molecule has 0 atom stereocenters. The SMILES string of the molecule is Cc1c(C)c2ccc(NC(=O)CCn3ccc(=O)[nH]c3=O)cc2[nH]c1=O. The van der Waals surface area contributed by atoms with Crippen molar-refractivity contribution in [2.75, 3.05) is 5.32 Å². The molecule has 0 aliphatic carbocycles. The van der Waals surface area contributed by atoms with Crippen molar-refractivity contribution in [3.05, 3.63) is 72.8 Å². The average molecular weight is 354 g/mol. The van der Waals surface area contributed by atoms with Gasteiger partial charge < -0.3 is 14.9 Å². The third-order valence-electron chi connectivity index (χ3n) is 4.34. The van der Waals surface area contributed by atoms with Crippen molar-refractivity contribution >= 4 is 22.5 Å². The lowest BCUT2D eigenvalue weighted by Crippen LogP contribution is -2.29. The Morgan fingerprint density at radius 1 is 1.08 bits per heavy atom. The van der Waals surface area contributed by atoms with Gasteiger partial charge in [0.1, 0.15) is 0 Å². The lowest BCUT2D eigenvalue weighted by molar-refractivity contribution is -0.116. The second kappa shape index (κ2) is 6.83. The number of aryl methyl sites for hydroxylation is 2. The van der Waals surface area contributed by atoms with Gasteiger partial charge in [0, 0.05) is 41.9 Å². The Labute approximate surface area is 147 Å². The van der Waals surface area contributed by atoms with Crippen LogP contribution in [0.2, 0.25) is 0 Å². The largest absolute Gasteiger partial charge is 0.328 e. The van der Waals surface area contributed by atoms with Crippen LogP contribution >= 0.6 is 0 Å². The van der Waals surface area contributed by atoms with Crippen LogP contribution in [-0.2, 0) is 11.3 Å². The summed E-state index contributed by atoms with van der Waals surface area (Å²) < 4.78 is 1.25. The summed E-state index contributed by atoms with van der Waals surface area (Å²) in [6.07, 6.45) is 1.41. The quantitative estimate of drug-likeness (QED) is 0.648. The van der Waals surface area contributed by atoms with Gasteiger partial charge in [0.2, 0.25) is 5.91 Å². The number of aromatic amines is 2. The summed E-state index contributed by atoms with van der Waals surface area (Å²) in [6.45, 7) is 3.79. The van der Waals surface area contributed by atoms with E-state index in [4.69, 9.17) is 0 Å². The van der Waals surface area contributed by atoms with Crippen molar-refractivity contribution in [3.8, 4) is 0 Å². The molecule has 0 spiro atoms. The van der Waals surface area contributed by atoms with Crippen LogP contribution in [0.3, 0.4) is 0 Å². The van der Waals surface area contributed by atoms with E-state index in [9.17, 15) is 19.2 Å². The Hall–Kier alpha value is -3.42. The second-order valence-corrected chi connectivity index (χ2v) is 6.07. The molecule has 2 aromatic heterocycles. The third kappa shape index (κ3) is 3.49. The zero-order valence-corrected chi connectivity index (χ0v) is 14.4. The fourth-order valence-electron chi connectivity index (χ4n) is 2.71. The number of nitrogens with one attached hydrogen (secondary N) is 3. The van der Waals surface area contributed by atoms with Gasteiger partial charge in [0.15, 0.2) is 0 Å².